The van der Waals surface area contributed by atoms with Gasteiger partial charge >= 0.3 is 0 Å². The minimum absolute atomic E-state index is 0.00977. The van der Waals surface area contributed by atoms with E-state index in [1.165, 1.54) is 18.2 Å². The topological polar surface area (TPSA) is 84.6 Å². The zero-order chi connectivity index (χ0) is 11.7. The van der Waals surface area contributed by atoms with E-state index in [1.807, 2.05) is 0 Å². The molecule has 0 fully saturated rings. The van der Waals surface area contributed by atoms with Crippen LogP contribution in [0.1, 0.15) is 12.5 Å². The minimum Gasteiger partial charge on any atom is -0.324 e. The summed E-state index contributed by atoms with van der Waals surface area (Å²) in [6, 6.07) is 4.30. The highest BCUT2D eigenvalue weighted by atomic mass is 16.6. The number of aliphatic imine (C=N–C) groups is 1. The van der Waals surface area contributed by atoms with Gasteiger partial charge in [0, 0.05) is 23.4 Å². The Morgan fingerprint density at radius 3 is 2.94 bits per heavy atom. The molecule has 1 N–H and O–H groups in total. The molecule has 0 atom stereocenters. The molecule has 0 aliphatic carbocycles. The number of nitro groups is 1. The minimum atomic E-state index is -0.472. The molecule has 0 bridgehead atoms. The fourth-order valence-electron chi connectivity index (χ4n) is 1.52. The quantitative estimate of drug-likeness (QED) is 0.571. The van der Waals surface area contributed by atoms with Crippen LogP contribution in [0.2, 0.25) is 0 Å². The number of fused-ring (bicyclic) bond motifs is 1. The zero-order valence-electron chi connectivity index (χ0n) is 8.56. The van der Waals surface area contributed by atoms with Gasteiger partial charge in [0.2, 0.25) is 5.91 Å². The molecule has 2 rings (SSSR count). The molecule has 0 radical (unpaired) electrons. The van der Waals surface area contributed by atoms with Gasteiger partial charge in [0.25, 0.3) is 5.69 Å². The smallest absolute Gasteiger partial charge is 0.270 e. The summed E-state index contributed by atoms with van der Waals surface area (Å²) in [5.41, 5.74) is 1.77. The molecular weight excluding hydrogens is 210 g/mol. The van der Waals surface area contributed by atoms with Crippen LogP contribution in [0.25, 0.3) is 0 Å². The number of hydrogen-bond donors (Lipinski definition) is 1. The number of amides is 1. The Morgan fingerprint density at radius 1 is 1.50 bits per heavy atom. The van der Waals surface area contributed by atoms with Gasteiger partial charge in [-0.2, -0.15) is 0 Å². The maximum atomic E-state index is 11.3. The van der Waals surface area contributed by atoms with E-state index in [-0.39, 0.29) is 18.1 Å². The molecule has 6 nitrogen and oxygen atoms in total. The van der Waals surface area contributed by atoms with Crippen LogP contribution in [0, 0.1) is 10.1 Å². The van der Waals surface area contributed by atoms with Crippen molar-refractivity contribution in [3.63, 3.8) is 0 Å². The van der Waals surface area contributed by atoms with Crippen LogP contribution < -0.4 is 5.32 Å². The molecule has 1 aliphatic rings. The molecule has 1 aromatic carbocycles. The standard InChI is InChI=1S/C10H9N3O3/c1-6-8-4-7(13(15)16)2-3-9(8)12-10(14)5-11-6/h2-4H,5H2,1H3,(H,12,14). The molecule has 16 heavy (non-hydrogen) atoms. The number of nitrogens with one attached hydrogen (secondary N) is 1. The lowest BCUT2D eigenvalue weighted by atomic mass is 10.1. The fraction of sp³-hybridized carbons (Fsp3) is 0.200. The van der Waals surface area contributed by atoms with Crippen molar-refractivity contribution in [2.45, 2.75) is 6.92 Å². The number of benzene rings is 1. The van der Waals surface area contributed by atoms with Gasteiger partial charge in [-0.15, -0.1) is 0 Å². The van der Waals surface area contributed by atoms with Crippen molar-refractivity contribution in [1.82, 2.24) is 0 Å². The van der Waals surface area contributed by atoms with E-state index in [1.54, 1.807) is 6.92 Å². The SMILES string of the molecule is CC1=NCC(=O)Nc2ccc([N+](=O)[O-])cc21. The second kappa shape index (κ2) is 3.73. The second-order valence-corrected chi connectivity index (χ2v) is 3.44. The first-order chi connectivity index (χ1) is 7.58. The number of non-ortho nitro benzene ring substituents is 1. The summed E-state index contributed by atoms with van der Waals surface area (Å²) in [4.78, 5) is 25.4. The Morgan fingerprint density at radius 2 is 2.25 bits per heavy atom. The summed E-state index contributed by atoms with van der Waals surface area (Å²) >= 11 is 0. The Hall–Kier alpha value is -2.24. The lowest BCUT2D eigenvalue weighted by Gasteiger charge is -2.05. The van der Waals surface area contributed by atoms with Gasteiger partial charge in [0.05, 0.1) is 10.6 Å². The van der Waals surface area contributed by atoms with E-state index in [9.17, 15) is 14.9 Å². The summed E-state index contributed by atoms with van der Waals surface area (Å²) in [6.07, 6.45) is 0. The molecule has 1 aromatic rings. The van der Waals surface area contributed by atoms with Crippen LogP contribution in [0.4, 0.5) is 11.4 Å². The van der Waals surface area contributed by atoms with E-state index in [0.717, 1.165) is 0 Å². The summed E-state index contributed by atoms with van der Waals surface area (Å²) in [6.45, 7) is 1.77. The van der Waals surface area contributed by atoms with E-state index >= 15 is 0 Å². The van der Waals surface area contributed by atoms with Crippen LogP contribution in [0.5, 0.6) is 0 Å². The monoisotopic (exact) mass is 219 g/mol. The number of anilines is 1. The van der Waals surface area contributed by atoms with Crippen LogP contribution in [-0.2, 0) is 4.79 Å². The van der Waals surface area contributed by atoms with Crippen molar-refractivity contribution in [1.29, 1.82) is 0 Å². The number of nitrogens with zero attached hydrogens (tertiary/aromatic N) is 2. The van der Waals surface area contributed by atoms with Crippen LogP contribution in [0.15, 0.2) is 23.2 Å². The number of hydrogen-bond acceptors (Lipinski definition) is 4. The molecule has 0 unspecified atom stereocenters. The maximum Gasteiger partial charge on any atom is 0.270 e. The summed E-state index contributed by atoms with van der Waals surface area (Å²) in [7, 11) is 0. The first-order valence-corrected chi connectivity index (χ1v) is 4.67. The van der Waals surface area contributed by atoms with Gasteiger partial charge < -0.3 is 5.32 Å². The van der Waals surface area contributed by atoms with Crippen LogP contribution in [0.3, 0.4) is 0 Å². The van der Waals surface area contributed by atoms with E-state index in [2.05, 4.69) is 10.3 Å². The molecule has 0 aromatic heterocycles. The van der Waals surface area contributed by atoms with Crippen molar-refractivity contribution in [3.8, 4) is 0 Å². The number of nitro benzene ring substituents is 1. The molecule has 6 heteroatoms. The van der Waals surface area contributed by atoms with E-state index < -0.39 is 4.92 Å². The highest BCUT2D eigenvalue weighted by Crippen LogP contribution is 2.24. The van der Waals surface area contributed by atoms with Gasteiger partial charge in [-0.05, 0) is 13.0 Å². The summed E-state index contributed by atoms with van der Waals surface area (Å²) < 4.78 is 0. The lowest BCUT2D eigenvalue weighted by Crippen LogP contribution is -2.13. The van der Waals surface area contributed by atoms with Crippen molar-refractivity contribution >= 4 is 23.0 Å². The second-order valence-electron chi connectivity index (χ2n) is 3.44. The Labute approximate surface area is 91.1 Å². The van der Waals surface area contributed by atoms with Crippen molar-refractivity contribution in [3.05, 3.63) is 33.9 Å². The number of carbonyl (C=O) groups excluding carboxylic acids is 1. The summed E-state index contributed by atoms with van der Waals surface area (Å²) in [5.74, 6) is -0.216. The van der Waals surface area contributed by atoms with Crippen molar-refractivity contribution in [2.75, 3.05) is 11.9 Å². The fourth-order valence-corrected chi connectivity index (χ4v) is 1.52. The third-order valence-electron chi connectivity index (χ3n) is 2.34. The number of carbonyl (C=O) groups is 1. The van der Waals surface area contributed by atoms with Gasteiger partial charge in [0.1, 0.15) is 6.54 Å². The normalized spacial score (nSPS) is 14.6. The Balaban J connectivity index is 2.56. The van der Waals surface area contributed by atoms with Gasteiger partial charge in [-0.1, -0.05) is 0 Å². The molecule has 82 valence electrons. The molecule has 0 saturated heterocycles. The Bertz CT molecular complexity index is 508. The molecular formula is C10H9N3O3. The van der Waals surface area contributed by atoms with Crippen molar-refractivity contribution in [2.24, 2.45) is 4.99 Å². The first kappa shape index (κ1) is 10.3. The first-order valence-electron chi connectivity index (χ1n) is 4.67. The number of benzodiazepines with no additional fused rings is 1. The average Bonchev–Trinajstić information content (AvgIpc) is 2.38. The average molecular weight is 219 g/mol. The molecule has 1 heterocycles. The van der Waals surface area contributed by atoms with E-state index in [0.29, 0.717) is 17.0 Å². The Kier molecular flexibility index (Phi) is 2.40. The third kappa shape index (κ3) is 1.77. The third-order valence-corrected chi connectivity index (χ3v) is 2.34. The van der Waals surface area contributed by atoms with Crippen LogP contribution in [-0.4, -0.2) is 23.1 Å². The largest absolute Gasteiger partial charge is 0.324 e. The highest BCUT2D eigenvalue weighted by Gasteiger charge is 2.17. The van der Waals surface area contributed by atoms with Gasteiger partial charge in [0.15, 0.2) is 0 Å². The zero-order valence-corrected chi connectivity index (χ0v) is 8.56. The van der Waals surface area contributed by atoms with Gasteiger partial charge in [-0.3, -0.25) is 19.9 Å². The maximum absolute atomic E-state index is 11.3. The van der Waals surface area contributed by atoms with Crippen LogP contribution >= 0.6 is 0 Å². The predicted octanol–water partition coefficient (Wildman–Crippen LogP) is 1.36. The predicted molar refractivity (Wildman–Crippen MR) is 58.8 cm³/mol. The molecule has 1 aliphatic heterocycles. The number of rotatable bonds is 1. The molecule has 0 saturated carbocycles. The van der Waals surface area contributed by atoms with E-state index in [4.69, 9.17) is 0 Å². The summed E-state index contributed by atoms with van der Waals surface area (Å²) in [5, 5.41) is 13.3. The highest BCUT2D eigenvalue weighted by molar-refractivity contribution is 6.10. The lowest BCUT2D eigenvalue weighted by molar-refractivity contribution is -0.384. The van der Waals surface area contributed by atoms with Crippen molar-refractivity contribution < 1.29 is 9.72 Å². The molecule has 1 amide bonds. The van der Waals surface area contributed by atoms with Gasteiger partial charge in [-0.25, -0.2) is 0 Å². The molecule has 0 spiro atoms.